The number of thiophene rings is 1. The Labute approximate surface area is 173 Å². The molecule has 0 unspecified atom stereocenters. The standard InChI is InChI=1S/C25H19N3S/c1-3-10-18(11-4-1)23(19-12-5-2-6-13-19)27-24-20-14-7-8-15-21(20)26-25(28-24)22-16-9-17-29-22/h1-17,23H,(H,26,27,28). The second kappa shape index (κ2) is 7.86. The van der Waals surface area contributed by atoms with Crippen molar-refractivity contribution in [3.8, 4) is 10.7 Å². The van der Waals surface area contributed by atoms with E-state index < -0.39 is 0 Å². The van der Waals surface area contributed by atoms with Crippen molar-refractivity contribution in [2.75, 3.05) is 5.32 Å². The SMILES string of the molecule is c1ccc(C(Nc2nc(-c3cccs3)nc3ccccc23)c2ccccc2)cc1. The average molecular weight is 394 g/mol. The van der Waals surface area contributed by atoms with Crippen LogP contribution in [0.25, 0.3) is 21.6 Å². The quantitative estimate of drug-likeness (QED) is 0.367. The van der Waals surface area contributed by atoms with Gasteiger partial charge in [0.1, 0.15) is 5.82 Å². The van der Waals surface area contributed by atoms with Crippen molar-refractivity contribution in [1.29, 1.82) is 0 Å². The van der Waals surface area contributed by atoms with Crippen LogP contribution in [0.15, 0.2) is 102 Å². The van der Waals surface area contributed by atoms with E-state index >= 15 is 0 Å². The summed E-state index contributed by atoms with van der Waals surface area (Å²) in [7, 11) is 0. The average Bonchev–Trinajstić information content (AvgIpc) is 3.33. The first-order valence-electron chi connectivity index (χ1n) is 9.55. The van der Waals surface area contributed by atoms with Gasteiger partial charge in [0.2, 0.25) is 0 Å². The van der Waals surface area contributed by atoms with Crippen molar-refractivity contribution in [2.24, 2.45) is 0 Å². The number of aromatic nitrogens is 2. The molecular formula is C25H19N3S. The predicted octanol–water partition coefficient (Wildman–Crippen LogP) is 6.56. The minimum absolute atomic E-state index is 0.00751. The van der Waals surface area contributed by atoms with Gasteiger partial charge < -0.3 is 5.32 Å². The van der Waals surface area contributed by atoms with Gasteiger partial charge in [-0.05, 0) is 34.7 Å². The maximum Gasteiger partial charge on any atom is 0.172 e. The fraction of sp³-hybridized carbons (Fsp3) is 0.0400. The molecule has 2 aromatic heterocycles. The number of nitrogens with zero attached hydrogens (tertiary/aromatic N) is 2. The van der Waals surface area contributed by atoms with Crippen LogP contribution in [0.3, 0.4) is 0 Å². The zero-order chi connectivity index (χ0) is 19.5. The molecule has 2 heterocycles. The summed E-state index contributed by atoms with van der Waals surface area (Å²) in [4.78, 5) is 10.8. The van der Waals surface area contributed by atoms with E-state index in [1.165, 1.54) is 11.1 Å². The Morgan fingerprint density at radius 1 is 0.655 bits per heavy atom. The largest absolute Gasteiger partial charge is 0.359 e. The summed E-state index contributed by atoms with van der Waals surface area (Å²) in [5.41, 5.74) is 3.33. The second-order valence-corrected chi connectivity index (χ2v) is 7.74. The smallest absolute Gasteiger partial charge is 0.172 e. The van der Waals surface area contributed by atoms with Crippen LogP contribution in [0.2, 0.25) is 0 Å². The number of nitrogens with one attached hydrogen (secondary N) is 1. The van der Waals surface area contributed by atoms with Crippen molar-refractivity contribution >= 4 is 28.1 Å². The Morgan fingerprint density at radius 2 is 1.31 bits per heavy atom. The maximum absolute atomic E-state index is 4.92. The summed E-state index contributed by atoms with van der Waals surface area (Å²) >= 11 is 1.65. The Hall–Kier alpha value is -3.50. The van der Waals surface area contributed by atoms with Gasteiger partial charge in [0.05, 0.1) is 16.4 Å². The van der Waals surface area contributed by atoms with E-state index in [-0.39, 0.29) is 6.04 Å². The maximum atomic E-state index is 4.92. The Morgan fingerprint density at radius 3 is 1.97 bits per heavy atom. The van der Waals surface area contributed by atoms with Crippen LogP contribution in [0.5, 0.6) is 0 Å². The van der Waals surface area contributed by atoms with E-state index in [1.54, 1.807) is 11.3 Å². The van der Waals surface area contributed by atoms with E-state index in [4.69, 9.17) is 9.97 Å². The Bertz CT molecular complexity index is 1180. The van der Waals surface area contributed by atoms with Gasteiger partial charge in [0, 0.05) is 5.39 Å². The van der Waals surface area contributed by atoms with E-state index in [0.29, 0.717) is 0 Å². The first-order chi connectivity index (χ1) is 14.4. The highest BCUT2D eigenvalue weighted by molar-refractivity contribution is 7.13. The summed E-state index contributed by atoms with van der Waals surface area (Å²) in [6.07, 6.45) is 0. The number of hydrogen-bond acceptors (Lipinski definition) is 4. The molecule has 3 aromatic carbocycles. The first-order valence-corrected chi connectivity index (χ1v) is 10.4. The molecule has 1 N–H and O–H groups in total. The third-order valence-corrected chi connectivity index (χ3v) is 5.76. The molecule has 4 heteroatoms. The molecule has 5 aromatic rings. The van der Waals surface area contributed by atoms with Crippen molar-refractivity contribution < 1.29 is 0 Å². The van der Waals surface area contributed by atoms with Crippen LogP contribution >= 0.6 is 11.3 Å². The first kappa shape index (κ1) is 17.6. The van der Waals surface area contributed by atoms with Crippen LogP contribution in [0, 0.1) is 0 Å². The fourth-order valence-electron chi connectivity index (χ4n) is 3.49. The molecule has 0 aliphatic carbocycles. The Kier molecular flexibility index (Phi) is 4.76. The lowest BCUT2D eigenvalue weighted by Gasteiger charge is -2.21. The highest BCUT2D eigenvalue weighted by atomic mass is 32.1. The lowest BCUT2D eigenvalue weighted by atomic mass is 9.98. The molecule has 0 atom stereocenters. The molecule has 5 rings (SSSR count). The van der Waals surface area contributed by atoms with Gasteiger partial charge in [-0.3, -0.25) is 0 Å². The molecular weight excluding hydrogens is 374 g/mol. The molecule has 29 heavy (non-hydrogen) atoms. The van der Waals surface area contributed by atoms with Crippen LogP contribution in [-0.2, 0) is 0 Å². The zero-order valence-corrected chi connectivity index (χ0v) is 16.5. The lowest BCUT2D eigenvalue weighted by Crippen LogP contribution is -2.14. The third-order valence-electron chi connectivity index (χ3n) is 4.89. The van der Waals surface area contributed by atoms with E-state index in [2.05, 4.69) is 71.4 Å². The monoisotopic (exact) mass is 393 g/mol. The summed E-state index contributed by atoms with van der Waals surface area (Å²) in [5, 5.41) is 6.78. The number of fused-ring (bicyclic) bond motifs is 1. The van der Waals surface area contributed by atoms with Crippen LogP contribution < -0.4 is 5.32 Å². The normalized spacial score (nSPS) is 11.1. The van der Waals surface area contributed by atoms with Crippen LogP contribution in [0.4, 0.5) is 5.82 Å². The number of hydrogen-bond donors (Lipinski definition) is 1. The van der Waals surface area contributed by atoms with Crippen molar-refractivity contribution in [2.45, 2.75) is 6.04 Å². The minimum Gasteiger partial charge on any atom is -0.359 e. The van der Waals surface area contributed by atoms with E-state index in [0.717, 1.165) is 27.4 Å². The van der Waals surface area contributed by atoms with Gasteiger partial charge in [0.25, 0.3) is 0 Å². The zero-order valence-electron chi connectivity index (χ0n) is 15.7. The highest BCUT2D eigenvalue weighted by Gasteiger charge is 2.17. The molecule has 0 saturated heterocycles. The molecule has 0 bridgehead atoms. The number of anilines is 1. The lowest BCUT2D eigenvalue weighted by molar-refractivity contribution is 0.928. The minimum atomic E-state index is -0.00751. The Balaban J connectivity index is 1.65. The fourth-order valence-corrected chi connectivity index (χ4v) is 4.15. The van der Waals surface area contributed by atoms with Gasteiger partial charge in [-0.25, -0.2) is 9.97 Å². The van der Waals surface area contributed by atoms with Crippen molar-refractivity contribution in [3.63, 3.8) is 0 Å². The molecule has 0 radical (unpaired) electrons. The van der Waals surface area contributed by atoms with Crippen LogP contribution in [-0.4, -0.2) is 9.97 Å². The number of rotatable bonds is 5. The number of para-hydroxylation sites is 1. The predicted molar refractivity (Wildman–Crippen MR) is 121 cm³/mol. The van der Waals surface area contributed by atoms with Gasteiger partial charge in [-0.2, -0.15) is 0 Å². The van der Waals surface area contributed by atoms with Gasteiger partial charge >= 0.3 is 0 Å². The highest BCUT2D eigenvalue weighted by Crippen LogP contribution is 2.32. The molecule has 0 saturated carbocycles. The molecule has 0 spiro atoms. The molecule has 0 aliphatic heterocycles. The molecule has 0 aliphatic rings. The summed E-state index contributed by atoms with van der Waals surface area (Å²) in [6.45, 7) is 0. The number of benzene rings is 3. The van der Waals surface area contributed by atoms with Crippen LogP contribution in [0.1, 0.15) is 17.2 Å². The molecule has 0 amide bonds. The summed E-state index contributed by atoms with van der Waals surface area (Å²) in [5.74, 6) is 1.60. The molecule has 0 fully saturated rings. The van der Waals surface area contributed by atoms with Crippen molar-refractivity contribution in [3.05, 3.63) is 114 Å². The van der Waals surface area contributed by atoms with E-state index in [1.807, 2.05) is 36.4 Å². The topological polar surface area (TPSA) is 37.8 Å². The van der Waals surface area contributed by atoms with E-state index in [9.17, 15) is 0 Å². The summed E-state index contributed by atoms with van der Waals surface area (Å²) < 4.78 is 0. The van der Waals surface area contributed by atoms with Crippen molar-refractivity contribution in [1.82, 2.24) is 9.97 Å². The molecule has 3 nitrogen and oxygen atoms in total. The third kappa shape index (κ3) is 3.62. The summed E-state index contributed by atoms with van der Waals surface area (Å²) in [6, 6.07) is 33.2. The van der Waals surface area contributed by atoms with Gasteiger partial charge in [-0.1, -0.05) is 78.9 Å². The van der Waals surface area contributed by atoms with Gasteiger partial charge in [-0.15, -0.1) is 11.3 Å². The van der Waals surface area contributed by atoms with Gasteiger partial charge in [0.15, 0.2) is 5.82 Å². The second-order valence-electron chi connectivity index (χ2n) is 6.79. The molecule has 140 valence electrons.